The topological polar surface area (TPSA) is 76.4 Å². The van der Waals surface area contributed by atoms with Gasteiger partial charge in [-0.2, -0.15) is 0 Å². The van der Waals surface area contributed by atoms with Gasteiger partial charge in [0.25, 0.3) is 0 Å². The third kappa shape index (κ3) is 5.85. The van der Waals surface area contributed by atoms with E-state index in [1.165, 1.54) is 16.7 Å². The zero-order valence-electron chi connectivity index (χ0n) is 14.1. The van der Waals surface area contributed by atoms with Crippen LogP contribution in [0, 0.1) is 27.7 Å². The number of aromatic nitrogens is 1. The van der Waals surface area contributed by atoms with E-state index >= 15 is 0 Å². The van der Waals surface area contributed by atoms with E-state index in [0.29, 0.717) is 12.5 Å². The number of aliphatic imine (C=N–C) groups is 1. The summed E-state index contributed by atoms with van der Waals surface area (Å²) in [6.07, 6.45) is 1.82. The fourth-order valence-electron chi connectivity index (χ4n) is 2.55. The summed E-state index contributed by atoms with van der Waals surface area (Å²) < 4.78 is 5.15. The van der Waals surface area contributed by atoms with Gasteiger partial charge >= 0.3 is 0 Å². The van der Waals surface area contributed by atoms with Gasteiger partial charge in [0, 0.05) is 17.8 Å². The van der Waals surface area contributed by atoms with E-state index in [4.69, 9.17) is 10.3 Å². The van der Waals surface area contributed by atoms with Gasteiger partial charge < -0.3 is 15.6 Å². The van der Waals surface area contributed by atoms with E-state index in [1.54, 1.807) is 0 Å². The largest absolute Gasteiger partial charge is 0.370 e. The number of halogens is 1. The monoisotopic (exact) mass is 428 g/mol. The van der Waals surface area contributed by atoms with Crippen molar-refractivity contribution < 1.29 is 4.52 Å². The van der Waals surface area contributed by atoms with Gasteiger partial charge in [-0.15, -0.1) is 24.0 Å². The van der Waals surface area contributed by atoms with Crippen LogP contribution in [0.2, 0.25) is 0 Å². The van der Waals surface area contributed by atoms with Crippen LogP contribution in [0.3, 0.4) is 0 Å². The van der Waals surface area contributed by atoms with E-state index in [-0.39, 0.29) is 24.0 Å². The van der Waals surface area contributed by atoms with Gasteiger partial charge in [0.1, 0.15) is 5.76 Å². The van der Waals surface area contributed by atoms with Crippen LogP contribution in [0.15, 0.2) is 27.7 Å². The first-order valence-electron chi connectivity index (χ1n) is 7.52. The minimum atomic E-state index is 0. The smallest absolute Gasteiger partial charge is 0.193 e. The molecule has 3 N–H and O–H groups in total. The Morgan fingerprint density at radius 2 is 1.83 bits per heavy atom. The number of nitrogens with two attached hydrogens (primary N) is 1. The van der Waals surface area contributed by atoms with Gasteiger partial charge in [-0.1, -0.05) is 11.2 Å². The molecule has 0 unspecified atom stereocenters. The highest BCUT2D eigenvalue weighted by Crippen LogP contribution is 2.15. The first-order chi connectivity index (χ1) is 10.5. The molecule has 126 valence electrons. The van der Waals surface area contributed by atoms with Crippen LogP contribution in [-0.4, -0.2) is 17.7 Å². The van der Waals surface area contributed by atoms with Gasteiger partial charge in [-0.3, -0.25) is 4.99 Å². The van der Waals surface area contributed by atoms with E-state index in [9.17, 15) is 0 Å². The van der Waals surface area contributed by atoms with Crippen molar-refractivity contribution in [1.82, 2.24) is 5.16 Å². The Bertz CT molecular complexity index is 639. The molecule has 0 saturated carbocycles. The molecular formula is C17H25IN4O. The van der Waals surface area contributed by atoms with Crippen molar-refractivity contribution in [1.29, 1.82) is 0 Å². The Kier molecular flexibility index (Phi) is 7.54. The van der Waals surface area contributed by atoms with Crippen LogP contribution in [0.25, 0.3) is 0 Å². The molecule has 0 atom stereocenters. The van der Waals surface area contributed by atoms with Gasteiger partial charge in [0.2, 0.25) is 0 Å². The molecule has 5 nitrogen and oxygen atoms in total. The number of guanidine groups is 1. The Balaban J connectivity index is 0.00000264. The van der Waals surface area contributed by atoms with Crippen molar-refractivity contribution in [3.05, 3.63) is 46.3 Å². The van der Waals surface area contributed by atoms with Gasteiger partial charge in [0.15, 0.2) is 5.96 Å². The summed E-state index contributed by atoms with van der Waals surface area (Å²) in [6, 6.07) is 6.24. The van der Waals surface area contributed by atoms with Gasteiger partial charge in [-0.05, 0) is 63.8 Å². The molecule has 0 aliphatic carbocycles. The lowest BCUT2D eigenvalue weighted by Crippen LogP contribution is -2.23. The zero-order valence-corrected chi connectivity index (χ0v) is 16.5. The van der Waals surface area contributed by atoms with Gasteiger partial charge in [0.05, 0.1) is 5.69 Å². The predicted molar refractivity (Wildman–Crippen MR) is 106 cm³/mol. The Labute approximate surface area is 154 Å². The molecule has 23 heavy (non-hydrogen) atoms. The average Bonchev–Trinajstić information content (AvgIpc) is 2.73. The molecule has 0 radical (unpaired) electrons. The Hall–Kier alpha value is -1.57. The normalized spacial score (nSPS) is 11.2. The maximum Gasteiger partial charge on any atom is 0.193 e. The third-order valence-electron chi connectivity index (χ3n) is 3.54. The summed E-state index contributed by atoms with van der Waals surface area (Å²) in [7, 11) is 0. The molecule has 1 heterocycles. The molecule has 2 rings (SSSR count). The highest BCUT2D eigenvalue weighted by Gasteiger charge is 2.07. The lowest BCUT2D eigenvalue weighted by Gasteiger charge is -2.08. The quantitative estimate of drug-likeness (QED) is 0.328. The highest BCUT2D eigenvalue weighted by molar-refractivity contribution is 14.0. The molecule has 1 aromatic carbocycles. The summed E-state index contributed by atoms with van der Waals surface area (Å²) in [5.74, 6) is 1.34. The van der Waals surface area contributed by atoms with Crippen molar-refractivity contribution in [2.75, 3.05) is 11.9 Å². The summed E-state index contributed by atoms with van der Waals surface area (Å²) in [4.78, 5) is 4.37. The minimum absolute atomic E-state index is 0. The van der Waals surface area contributed by atoms with E-state index in [1.807, 2.05) is 13.8 Å². The molecule has 0 amide bonds. The van der Waals surface area contributed by atoms with Crippen molar-refractivity contribution in [3.63, 3.8) is 0 Å². The second kappa shape index (κ2) is 8.90. The van der Waals surface area contributed by atoms with Crippen molar-refractivity contribution in [2.24, 2.45) is 10.7 Å². The molecule has 0 fully saturated rings. The SMILES string of the molecule is Cc1cc(C)cc(NC(N)=NCCCc2c(C)noc2C)c1.I. The van der Waals surface area contributed by atoms with E-state index < -0.39 is 0 Å². The van der Waals surface area contributed by atoms with E-state index in [0.717, 1.165) is 30.0 Å². The number of anilines is 1. The lowest BCUT2D eigenvalue weighted by molar-refractivity contribution is 0.392. The highest BCUT2D eigenvalue weighted by atomic mass is 127. The number of nitrogens with zero attached hydrogens (tertiary/aromatic N) is 2. The van der Waals surface area contributed by atoms with Crippen LogP contribution in [-0.2, 0) is 6.42 Å². The van der Waals surface area contributed by atoms with Crippen LogP contribution in [0.4, 0.5) is 5.69 Å². The number of nitrogens with one attached hydrogen (secondary N) is 1. The lowest BCUT2D eigenvalue weighted by atomic mass is 10.1. The molecule has 0 aliphatic rings. The number of hydrogen-bond acceptors (Lipinski definition) is 3. The summed E-state index contributed by atoms with van der Waals surface area (Å²) >= 11 is 0. The maximum absolute atomic E-state index is 5.93. The molecule has 0 saturated heterocycles. The Morgan fingerprint density at radius 3 is 2.39 bits per heavy atom. The van der Waals surface area contributed by atoms with Gasteiger partial charge in [-0.25, -0.2) is 0 Å². The number of benzene rings is 1. The zero-order chi connectivity index (χ0) is 16.1. The second-order valence-corrected chi connectivity index (χ2v) is 5.67. The van der Waals surface area contributed by atoms with Crippen LogP contribution >= 0.6 is 24.0 Å². The molecule has 0 spiro atoms. The van der Waals surface area contributed by atoms with E-state index in [2.05, 4.69) is 47.5 Å². The summed E-state index contributed by atoms with van der Waals surface area (Å²) in [6.45, 7) is 8.71. The van der Waals surface area contributed by atoms with Crippen LogP contribution in [0.5, 0.6) is 0 Å². The number of rotatable bonds is 5. The van der Waals surface area contributed by atoms with Crippen molar-refractivity contribution in [3.8, 4) is 0 Å². The fraction of sp³-hybridized carbons (Fsp3) is 0.412. The van der Waals surface area contributed by atoms with Crippen LogP contribution in [0.1, 0.15) is 34.6 Å². The molecular weight excluding hydrogens is 403 g/mol. The summed E-state index contributed by atoms with van der Waals surface area (Å²) in [5, 5.41) is 7.09. The minimum Gasteiger partial charge on any atom is -0.370 e. The number of aryl methyl sites for hydroxylation is 4. The third-order valence-corrected chi connectivity index (χ3v) is 3.54. The van der Waals surface area contributed by atoms with Crippen LogP contribution < -0.4 is 11.1 Å². The average molecular weight is 428 g/mol. The molecule has 0 bridgehead atoms. The summed E-state index contributed by atoms with van der Waals surface area (Å²) in [5.41, 5.74) is 11.5. The molecule has 6 heteroatoms. The molecule has 0 aliphatic heterocycles. The first-order valence-corrected chi connectivity index (χ1v) is 7.52. The Morgan fingerprint density at radius 1 is 1.17 bits per heavy atom. The second-order valence-electron chi connectivity index (χ2n) is 5.67. The number of hydrogen-bond donors (Lipinski definition) is 2. The predicted octanol–water partition coefficient (Wildman–Crippen LogP) is 3.89. The standard InChI is InChI=1S/C17H24N4O.HI/c1-11-8-12(2)10-15(9-11)20-17(18)19-7-5-6-16-13(3)21-22-14(16)4;/h8-10H,5-7H2,1-4H3,(H3,18,19,20);1H. The maximum atomic E-state index is 5.93. The molecule has 1 aromatic heterocycles. The fourth-order valence-corrected chi connectivity index (χ4v) is 2.55. The van der Waals surface area contributed by atoms with Crippen molar-refractivity contribution in [2.45, 2.75) is 40.5 Å². The van der Waals surface area contributed by atoms with Crippen molar-refractivity contribution >= 4 is 35.6 Å². The first kappa shape index (κ1) is 19.5. The molecule has 2 aromatic rings.